The molecule has 1 rings (SSSR count). The average molecular weight is 211 g/mol. The summed E-state index contributed by atoms with van der Waals surface area (Å²) in [4.78, 5) is 0. The molecule has 1 N–H and O–H groups in total. The Hall–Kier alpha value is -0.0400. The number of rotatable bonds is 6. The number of unbranched alkanes of at least 4 members (excludes halogenated alkanes) is 1. The first-order valence-corrected chi connectivity index (χ1v) is 6.92. The van der Waals surface area contributed by atoms with E-state index in [0.717, 1.165) is 17.9 Å². The second kappa shape index (κ2) is 7.27. The Kier molecular flexibility index (Phi) is 6.31. The van der Waals surface area contributed by atoms with Crippen molar-refractivity contribution in [1.29, 1.82) is 0 Å². The Labute approximate surface area is 96.0 Å². The molecule has 1 aliphatic rings. The molecule has 0 saturated heterocycles. The van der Waals surface area contributed by atoms with Crippen LogP contribution in [0.25, 0.3) is 0 Å². The third-order valence-electron chi connectivity index (χ3n) is 3.58. The fraction of sp³-hybridized carbons (Fsp3) is 1.00. The van der Waals surface area contributed by atoms with Gasteiger partial charge in [0.05, 0.1) is 0 Å². The summed E-state index contributed by atoms with van der Waals surface area (Å²) in [5.74, 6) is 1.83. The largest absolute Gasteiger partial charge is 0.314 e. The van der Waals surface area contributed by atoms with Gasteiger partial charge in [0.25, 0.3) is 0 Å². The van der Waals surface area contributed by atoms with Gasteiger partial charge >= 0.3 is 0 Å². The lowest BCUT2D eigenvalue weighted by Crippen LogP contribution is -2.34. The lowest BCUT2D eigenvalue weighted by atomic mass is 9.87. The molecule has 1 nitrogen and oxygen atoms in total. The zero-order valence-electron chi connectivity index (χ0n) is 10.9. The smallest absolute Gasteiger partial charge is 0.00696 e. The monoisotopic (exact) mass is 211 g/mol. The molecule has 0 radical (unpaired) electrons. The molecule has 0 bridgehead atoms. The van der Waals surface area contributed by atoms with E-state index < -0.39 is 0 Å². The Morgan fingerprint density at radius 3 is 2.67 bits per heavy atom. The number of hydrogen-bond donors (Lipinski definition) is 1. The second-order valence-electron chi connectivity index (χ2n) is 5.81. The summed E-state index contributed by atoms with van der Waals surface area (Å²) in [6, 6.07) is 0.827. The quantitative estimate of drug-likeness (QED) is 0.655. The zero-order valence-corrected chi connectivity index (χ0v) is 10.9. The SMILES string of the molecule is CC(C)CCCCNC1CCCC(C)C1. The van der Waals surface area contributed by atoms with Gasteiger partial charge in [-0.15, -0.1) is 0 Å². The molecule has 2 atom stereocenters. The summed E-state index contributed by atoms with van der Waals surface area (Å²) in [5, 5.41) is 3.73. The topological polar surface area (TPSA) is 12.0 Å². The lowest BCUT2D eigenvalue weighted by Gasteiger charge is -2.27. The molecule has 1 heteroatoms. The van der Waals surface area contributed by atoms with Crippen LogP contribution in [-0.4, -0.2) is 12.6 Å². The minimum absolute atomic E-state index is 0.827. The van der Waals surface area contributed by atoms with Crippen LogP contribution in [0, 0.1) is 11.8 Å². The Bertz CT molecular complexity index is 153. The fourth-order valence-corrected chi connectivity index (χ4v) is 2.60. The first-order chi connectivity index (χ1) is 7.18. The summed E-state index contributed by atoms with van der Waals surface area (Å²) < 4.78 is 0. The standard InChI is InChI=1S/C14H29N/c1-12(2)7-4-5-10-15-14-9-6-8-13(3)11-14/h12-15H,4-11H2,1-3H3. The summed E-state index contributed by atoms with van der Waals surface area (Å²) >= 11 is 0. The van der Waals surface area contributed by atoms with Crippen LogP contribution in [0.4, 0.5) is 0 Å². The van der Waals surface area contributed by atoms with Gasteiger partial charge < -0.3 is 5.32 Å². The van der Waals surface area contributed by atoms with Crippen molar-refractivity contribution in [3.8, 4) is 0 Å². The van der Waals surface area contributed by atoms with E-state index in [9.17, 15) is 0 Å². The van der Waals surface area contributed by atoms with E-state index in [1.807, 2.05) is 0 Å². The molecule has 0 spiro atoms. The van der Waals surface area contributed by atoms with Crippen LogP contribution in [0.3, 0.4) is 0 Å². The van der Waals surface area contributed by atoms with Gasteiger partial charge in [0.1, 0.15) is 0 Å². The predicted molar refractivity (Wildman–Crippen MR) is 68.1 cm³/mol. The fourth-order valence-electron chi connectivity index (χ4n) is 2.60. The summed E-state index contributed by atoms with van der Waals surface area (Å²) in [6.07, 6.45) is 9.85. The highest BCUT2D eigenvalue weighted by Crippen LogP contribution is 2.23. The van der Waals surface area contributed by atoms with Crippen LogP contribution in [0.15, 0.2) is 0 Å². The van der Waals surface area contributed by atoms with Gasteiger partial charge in [0, 0.05) is 6.04 Å². The molecule has 0 aliphatic heterocycles. The molecule has 0 amide bonds. The number of nitrogens with one attached hydrogen (secondary N) is 1. The van der Waals surface area contributed by atoms with E-state index in [0.29, 0.717) is 0 Å². The maximum atomic E-state index is 3.73. The van der Waals surface area contributed by atoms with Crippen LogP contribution in [0.1, 0.15) is 65.7 Å². The van der Waals surface area contributed by atoms with Crippen molar-refractivity contribution in [1.82, 2.24) is 5.32 Å². The Balaban J connectivity index is 1.95. The van der Waals surface area contributed by atoms with Gasteiger partial charge in [-0.25, -0.2) is 0 Å². The zero-order chi connectivity index (χ0) is 11.1. The van der Waals surface area contributed by atoms with E-state index in [1.165, 1.54) is 51.5 Å². The number of hydrogen-bond acceptors (Lipinski definition) is 1. The molecule has 90 valence electrons. The van der Waals surface area contributed by atoms with Crippen molar-refractivity contribution in [2.45, 2.75) is 71.8 Å². The van der Waals surface area contributed by atoms with Gasteiger partial charge in [-0.1, -0.05) is 46.5 Å². The van der Waals surface area contributed by atoms with E-state index in [-0.39, 0.29) is 0 Å². The highest BCUT2D eigenvalue weighted by Gasteiger charge is 2.17. The molecule has 0 aromatic heterocycles. The molecule has 0 aromatic carbocycles. The highest BCUT2D eigenvalue weighted by molar-refractivity contribution is 4.75. The maximum Gasteiger partial charge on any atom is 0.00696 e. The van der Waals surface area contributed by atoms with Crippen molar-refractivity contribution in [2.24, 2.45) is 11.8 Å². The van der Waals surface area contributed by atoms with Crippen LogP contribution in [-0.2, 0) is 0 Å². The minimum Gasteiger partial charge on any atom is -0.314 e. The molecule has 1 saturated carbocycles. The van der Waals surface area contributed by atoms with Gasteiger partial charge in [0.2, 0.25) is 0 Å². The van der Waals surface area contributed by atoms with Crippen LogP contribution in [0.5, 0.6) is 0 Å². The van der Waals surface area contributed by atoms with Crippen molar-refractivity contribution < 1.29 is 0 Å². The van der Waals surface area contributed by atoms with Gasteiger partial charge in [0.15, 0.2) is 0 Å². The first kappa shape index (κ1) is 13.0. The van der Waals surface area contributed by atoms with Crippen LogP contribution in [0.2, 0.25) is 0 Å². The van der Waals surface area contributed by atoms with Crippen molar-refractivity contribution >= 4 is 0 Å². The van der Waals surface area contributed by atoms with E-state index in [2.05, 4.69) is 26.1 Å². The summed E-state index contributed by atoms with van der Waals surface area (Å²) in [7, 11) is 0. The average Bonchev–Trinajstić information content (AvgIpc) is 2.17. The first-order valence-electron chi connectivity index (χ1n) is 6.92. The van der Waals surface area contributed by atoms with Crippen LogP contribution >= 0.6 is 0 Å². The maximum absolute atomic E-state index is 3.73. The van der Waals surface area contributed by atoms with Crippen molar-refractivity contribution in [3.63, 3.8) is 0 Å². The highest BCUT2D eigenvalue weighted by atomic mass is 14.9. The molecule has 1 fully saturated rings. The molecule has 15 heavy (non-hydrogen) atoms. The van der Waals surface area contributed by atoms with Gasteiger partial charge in [-0.3, -0.25) is 0 Å². The van der Waals surface area contributed by atoms with Crippen molar-refractivity contribution in [3.05, 3.63) is 0 Å². The summed E-state index contributed by atoms with van der Waals surface area (Å²) in [6.45, 7) is 8.27. The lowest BCUT2D eigenvalue weighted by molar-refractivity contribution is 0.300. The third-order valence-corrected chi connectivity index (χ3v) is 3.58. The molecular weight excluding hydrogens is 182 g/mol. The van der Waals surface area contributed by atoms with Gasteiger partial charge in [-0.2, -0.15) is 0 Å². The molecular formula is C14H29N. The minimum atomic E-state index is 0.827. The normalized spacial score (nSPS) is 27.2. The van der Waals surface area contributed by atoms with Crippen molar-refractivity contribution in [2.75, 3.05) is 6.54 Å². The second-order valence-corrected chi connectivity index (χ2v) is 5.81. The van der Waals surface area contributed by atoms with E-state index in [1.54, 1.807) is 0 Å². The third kappa shape index (κ3) is 6.19. The van der Waals surface area contributed by atoms with Crippen LogP contribution < -0.4 is 5.32 Å². The molecule has 2 unspecified atom stereocenters. The van der Waals surface area contributed by atoms with E-state index >= 15 is 0 Å². The predicted octanol–water partition coefficient (Wildman–Crippen LogP) is 3.98. The van der Waals surface area contributed by atoms with Gasteiger partial charge in [-0.05, 0) is 37.6 Å². The molecule has 0 aromatic rings. The van der Waals surface area contributed by atoms with E-state index in [4.69, 9.17) is 0 Å². The molecule has 1 aliphatic carbocycles. The Morgan fingerprint density at radius 1 is 1.20 bits per heavy atom. The summed E-state index contributed by atoms with van der Waals surface area (Å²) in [5.41, 5.74) is 0. The molecule has 0 heterocycles. The Morgan fingerprint density at radius 2 is 2.00 bits per heavy atom.